The van der Waals surface area contributed by atoms with Crippen molar-refractivity contribution in [3.8, 4) is 5.75 Å². The van der Waals surface area contributed by atoms with E-state index in [1.807, 2.05) is 19.1 Å². The van der Waals surface area contributed by atoms with E-state index in [4.69, 9.17) is 4.74 Å². The first kappa shape index (κ1) is 8.54. The van der Waals surface area contributed by atoms with Crippen LogP contribution in [-0.2, 0) is 6.42 Å². The standard InChI is InChI=1S/C11H15NO/c1-7(2)11-6-9-10(13-11)5-4-8(3)12-9/h4-5,7,11H,6H2,1-3H3. The van der Waals surface area contributed by atoms with Gasteiger partial charge in [-0.05, 0) is 25.0 Å². The van der Waals surface area contributed by atoms with E-state index < -0.39 is 0 Å². The third kappa shape index (κ3) is 1.53. The lowest BCUT2D eigenvalue weighted by Crippen LogP contribution is -2.19. The third-order valence-corrected chi connectivity index (χ3v) is 2.49. The van der Waals surface area contributed by atoms with Gasteiger partial charge < -0.3 is 4.74 Å². The maximum Gasteiger partial charge on any atom is 0.141 e. The second-order valence-corrected chi connectivity index (χ2v) is 4.00. The van der Waals surface area contributed by atoms with Gasteiger partial charge in [0.25, 0.3) is 0 Å². The van der Waals surface area contributed by atoms with Gasteiger partial charge in [-0.1, -0.05) is 13.8 Å². The zero-order chi connectivity index (χ0) is 9.42. The molecule has 1 unspecified atom stereocenters. The molecule has 0 spiro atoms. The van der Waals surface area contributed by atoms with Gasteiger partial charge in [0.2, 0.25) is 0 Å². The van der Waals surface area contributed by atoms with Crippen LogP contribution < -0.4 is 4.74 Å². The van der Waals surface area contributed by atoms with Crippen molar-refractivity contribution in [1.82, 2.24) is 4.98 Å². The Morgan fingerprint density at radius 1 is 1.46 bits per heavy atom. The predicted octanol–water partition coefficient (Wildman–Crippen LogP) is 2.35. The van der Waals surface area contributed by atoms with Crippen LogP contribution in [0.5, 0.6) is 5.75 Å². The van der Waals surface area contributed by atoms with Gasteiger partial charge in [-0.15, -0.1) is 0 Å². The first-order chi connectivity index (χ1) is 6.16. The van der Waals surface area contributed by atoms with Crippen molar-refractivity contribution in [2.24, 2.45) is 5.92 Å². The minimum absolute atomic E-state index is 0.323. The maximum atomic E-state index is 5.76. The molecule has 1 aromatic rings. The predicted molar refractivity (Wildman–Crippen MR) is 51.9 cm³/mol. The molecular weight excluding hydrogens is 162 g/mol. The second-order valence-electron chi connectivity index (χ2n) is 4.00. The molecule has 2 rings (SSSR count). The molecule has 1 atom stereocenters. The molecule has 13 heavy (non-hydrogen) atoms. The van der Waals surface area contributed by atoms with Crippen LogP contribution in [0, 0.1) is 12.8 Å². The molecule has 0 saturated carbocycles. The number of ether oxygens (including phenoxy) is 1. The average Bonchev–Trinajstić information content (AvgIpc) is 2.46. The van der Waals surface area contributed by atoms with Gasteiger partial charge in [0.1, 0.15) is 11.9 Å². The Hall–Kier alpha value is -1.05. The van der Waals surface area contributed by atoms with Gasteiger partial charge >= 0.3 is 0 Å². The van der Waals surface area contributed by atoms with E-state index >= 15 is 0 Å². The maximum absolute atomic E-state index is 5.76. The Balaban J connectivity index is 2.25. The fraction of sp³-hybridized carbons (Fsp3) is 0.545. The zero-order valence-electron chi connectivity index (χ0n) is 8.37. The van der Waals surface area contributed by atoms with Crippen LogP contribution in [0.3, 0.4) is 0 Å². The van der Waals surface area contributed by atoms with Crippen LogP contribution in [0.25, 0.3) is 0 Å². The van der Waals surface area contributed by atoms with Gasteiger partial charge in [0.05, 0.1) is 5.69 Å². The quantitative estimate of drug-likeness (QED) is 0.657. The smallest absolute Gasteiger partial charge is 0.141 e. The highest BCUT2D eigenvalue weighted by Gasteiger charge is 2.26. The molecule has 0 amide bonds. The van der Waals surface area contributed by atoms with E-state index in [1.54, 1.807) is 0 Å². The van der Waals surface area contributed by atoms with Gasteiger partial charge in [0, 0.05) is 12.1 Å². The number of hydrogen-bond donors (Lipinski definition) is 0. The molecule has 1 aliphatic rings. The molecule has 0 aromatic carbocycles. The summed E-state index contributed by atoms with van der Waals surface area (Å²) >= 11 is 0. The average molecular weight is 177 g/mol. The van der Waals surface area contributed by atoms with Crippen molar-refractivity contribution >= 4 is 0 Å². The van der Waals surface area contributed by atoms with Crippen molar-refractivity contribution in [1.29, 1.82) is 0 Å². The Morgan fingerprint density at radius 3 is 2.92 bits per heavy atom. The van der Waals surface area contributed by atoms with E-state index in [1.165, 1.54) is 0 Å². The summed E-state index contributed by atoms with van der Waals surface area (Å²) in [5, 5.41) is 0. The van der Waals surface area contributed by atoms with Crippen LogP contribution in [0.2, 0.25) is 0 Å². The van der Waals surface area contributed by atoms with Crippen LogP contribution in [0.4, 0.5) is 0 Å². The monoisotopic (exact) mass is 177 g/mol. The molecular formula is C11H15NO. The molecule has 2 nitrogen and oxygen atoms in total. The van der Waals surface area contributed by atoms with Gasteiger partial charge in [-0.25, -0.2) is 0 Å². The fourth-order valence-electron chi connectivity index (χ4n) is 1.62. The van der Waals surface area contributed by atoms with Crippen molar-refractivity contribution < 1.29 is 4.74 Å². The number of nitrogens with zero attached hydrogens (tertiary/aromatic N) is 1. The molecule has 1 aromatic heterocycles. The highest BCUT2D eigenvalue weighted by Crippen LogP contribution is 2.29. The number of aromatic nitrogens is 1. The molecule has 0 bridgehead atoms. The Morgan fingerprint density at radius 2 is 2.23 bits per heavy atom. The minimum atomic E-state index is 0.323. The van der Waals surface area contributed by atoms with Crippen molar-refractivity contribution in [2.45, 2.75) is 33.3 Å². The normalized spacial score (nSPS) is 20.2. The van der Waals surface area contributed by atoms with E-state index in [0.29, 0.717) is 12.0 Å². The molecule has 70 valence electrons. The number of fused-ring (bicyclic) bond motifs is 1. The van der Waals surface area contributed by atoms with E-state index in [-0.39, 0.29) is 0 Å². The lowest BCUT2D eigenvalue weighted by Gasteiger charge is -2.13. The first-order valence-corrected chi connectivity index (χ1v) is 4.80. The fourth-order valence-corrected chi connectivity index (χ4v) is 1.62. The molecule has 0 saturated heterocycles. The van der Waals surface area contributed by atoms with Crippen molar-refractivity contribution in [2.75, 3.05) is 0 Å². The van der Waals surface area contributed by atoms with Crippen LogP contribution >= 0.6 is 0 Å². The summed E-state index contributed by atoms with van der Waals surface area (Å²) in [5.41, 5.74) is 2.20. The summed E-state index contributed by atoms with van der Waals surface area (Å²) in [4.78, 5) is 4.46. The summed E-state index contributed by atoms with van der Waals surface area (Å²) in [6.07, 6.45) is 1.29. The number of hydrogen-bond acceptors (Lipinski definition) is 2. The van der Waals surface area contributed by atoms with Crippen LogP contribution in [0.1, 0.15) is 25.2 Å². The molecule has 1 aliphatic heterocycles. The number of aryl methyl sites for hydroxylation is 1. The second kappa shape index (κ2) is 3.02. The van der Waals surface area contributed by atoms with Gasteiger partial charge in [0.15, 0.2) is 0 Å². The first-order valence-electron chi connectivity index (χ1n) is 4.80. The Kier molecular flexibility index (Phi) is 1.98. The molecule has 0 aliphatic carbocycles. The van der Waals surface area contributed by atoms with Crippen LogP contribution in [0.15, 0.2) is 12.1 Å². The molecule has 0 fully saturated rings. The number of rotatable bonds is 1. The number of pyridine rings is 1. The highest BCUT2D eigenvalue weighted by atomic mass is 16.5. The zero-order valence-corrected chi connectivity index (χ0v) is 8.37. The summed E-state index contributed by atoms with van der Waals surface area (Å²) in [6, 6.07) is 4.03. The summed E-state index contributed by atoms with van der Waals surface area (Å²) < 4.78 is 5.76. The van der Waals surface area contributed by atoms with E-state index in [2.05, 4.69) is 18.8 Å². The van der Waals surface area contributed by atoms with Crippen LogP contribution in [-0.4, -0.2) is 11.1 Å². The SMILES string of the molecule is Cc1ccc2c(n1)CC(C(C)C)O2. The largest absolute Gasteiger partial charge is 0.488 e. The lowest BCUT2D eigenvalue weighted by molar-refractivity contribution is 0.178. The summed E-state index contributed by atoms with van der Waals surface area (Å²) in [6.45, 7) is 6.38. The van der Waals surface area contributed by atoms with E-state index in [0.717, 1.165) is 23.6 Å². The Labute approximate surface area is 78.9 Å². The van der Waals surface area contributed by atoms with Gasteiger partial charge in [-0.3, -0.25) is 4.98 Å². The molecule has 2 heteroatoms. The Bertz CT molecular complexity index is 320. The van der Waals surface area contributed by atoms with Gasteiger partial charge in [-0.2, -0.15) is 0 Å². The van der Waals surface area contributed by atoms with E-state index in [9.17, 15) is 0 Å². The molecule has 0 radical (unpaired) electrons. The lowest BCUT2D eigenvalue weighted by atomic mass is 10.0. The summed E-state index contributed by atoms with van der Waals surface area (Å²) in [7, 11) is 0. The third-order valence-electron chi connectivity index (χ3n) is 2.49. The van der Waals surface area contributed by atoms with Crippen molar-refractivity contribution in [3.63, 3.8) is 0 Å². The molecule has 0 N–H and O–H groups in total. The molecule has 2 heterocycles. The summed E-state index contributed by atoms with van der Waals surface area (Å²) in [5.74, 6) is 1.54. The van der Waals surface area contributed by atoms with Crippen molar-refractivity contribution in [3.05, 3.63) is 23.5 Å². The topological polar surface area (TPSA) is 22.1 Å². The highest BCUT2D eigenvalue weighted by molar-refractivity contribution is 5.33. The minimum Gasteiger partial charge on any atom is -0.488 e.